The van der Waals surface area contributed by atoms with Crippen molar-refractivity contribution in [2.24, 2.45) is 10.2 Å². The van der Waals surface area contributed by atoms with Crippen LogP contribution >= 0.6 is 0 Å². The lowest BCUT2D eigenvalue weighted by Crippen LogP contribution is -2.46. The van der Waals surface area contributed by atoms with E-state index < -0.39 is 33.8 Å². The van der Waals surface area contributed by atoms with Crippen molar-refractivity contribution in [1.29, 1.82) is 0 Å². The molecule has 0 aliphatic carbocycles. The van der Waals surface area contributed by atoms with Crippen molar-refractivity contribution in [2.45, 2.75) is 29.2 Å². The molecule has 1 aliphatic rings. The Morgan fingerprint density at radius 3 is 2.14 bits per heavy atom. The molecule has 0 aromatic heterocycles. The third-order valence-corrected chi connectivity index (χ3v) is 5.81. The van der Waals surface area contributed by atoms with Crippen LogP contribution in [0.4, 0.5) is 13.2 Å². The molecule has 2 aromatic carbocycles. The van der Waals surface area contributed by atoms with Gasteiger partial charge in [0.2, 0.25) is 0 Å². The summed E-state index contributed by atoms with van der Waals surface area (Å²) >= 11 is 0. The first kappa shape index (κ1) is 20.9. The van der Waals surface area contributed by atoms with Gasteiger partial charge in [0.25, 0.3) is 15.9 Å². The second kappa shape index (κ2) is 7.56. The van der Waals surface area contributed by atoms with Crippen LogP contribution in [0.5, 0.6) is 0 Å². The van der Waals surface area contributed by atoms with Crippen molar-refractivity contribution >= 4 is 15.9 Å². The molecule has 3 rings (SSSR count). The third-order valence-electron chi connectivity index (χ3n) is 4.44. The largest absolute Gasteiger partial charge is 0.442 e. The number of halogens is 3. The molecule has 0 radical (unpaired) electrons. The molecule has 154 valence electrons. The average molecular weight is 426 g/mol. The maximum atomic E-state index is 13.0. The summed E-state index contributed by atoms with van der Waals surface area (Å²) in [6.07, 6.45) is -4.45. The second-order valence-electron chi connectivity index (χ2n) is 6.40. The van der Waals surface area contributed by atoms with Gasteiger partial charge in [0, 0.05) is 5.56 Å². The van der Waals surface area contributed by atoms with E-state index in [9.17, 15) is 26.4 Å². The fraction of sp³-hybridized carbons (Fsp3) is 0.278. The van der Waals surface area contributed by atoms with Crippen molar-refractivity contribution < 1.29 is 26.4 Å². The molecule has 2 aromatic rings. The summed E-state index contributed by atoms with van der Waals surface area (Å²) < 4.78 is 65.9. The molecule has 11 heteroatoms. The Bertz CT molecular complexity index is 1020. The minimum atomic E-state index is -4.71. The zero-order valence-electron chi connectivity index (χ0n) is 15.1. The molecule has 1 heterocycles. The average Bonchev–Trinajstić information content (AvgIpc) is 3.48. The van der Waals surface area contributed by atoms with E-state index in [1.54, 1.807) is 24.3 Å². The maximum absolute atomic E-state index is 13.0. The molecule has 0 saturated heterocycles. The monoisotopic (exact) mass is 426 g/mol. The number of hydrogen-bond donors (Lipinski definition) is 2. The number of likely N-dealkylation sites (N-methyl/N-ethyl adjacent to an activating group) is 1. The van der Waals surface area contributed by atoms with E-state index in [0.717, 1.165) is 29.8 Å². The number of benzene rings is 2. The molecule has 0 fully saturated rings. The predicted molar refractivity (Wildman–Crippen MR) is 97.4 cm³/mol. The van der Waals surface area contributed by atoms with Crippen molar-refractivity contribution in [3.63, 3.8) is 0 Å². The molecule has 1 unspecified atom stereocenters. The van der Waals surface area contributed by atoms with E-state index in [1.165, 1.54) is 7.05 Å². The molecule has 0 saturated carbocycles. The molecule has 1 atom stereocenters. The number of hydrogen-bond acceptors (Lipinski definition) is 6. The zero-order valence-corrected chi connectivity index (χ0v) is 16.0. The third kappa shape index (κ3) is 4.30. The minimum Gasteiger partial charge on any atom is -0.309 e. The highest BCUT2D eigenvalue weighted by molar-refractivity contribution is 7.90. The van der Waals surface area contributed by atoms with Crippen molar-refractivity contribution in [2.75, 3.05) is 7.05 Å². The minimum absolute atomic E-state index is 0.259. The van der Waals surface area contributed by atoms with Crippen molar-refractivity contribution in [1.82, 2.24) is 10.0 Å². The van der Waals surface area contributed by atoms with E-state index in [-0.39, 0.29) is 16.9 Å². The van der Waals surface area contributed by atoms with Gasteiger partial charge in [-0.15, -0.1) is 10.2 Å². The number of sulfonamides is 1. The number of nitrogens with zero attached hydrogens (tertiary/aromatic N) is 2. The van der Waals surface area contributed by atoms with Crippen molar-refractivity contribution in [3.8, 4) is 0 Å². The molecule has 1 amide bonds. The highest BCUT2D eigenvalue weighted by Crippen LogP contribution is 2.52. The normalized spacial score (nSPS) is 16.3. The SMILES string of the molecule is CNC(Cc1ccccc1)C(=O)NS(=O)(=O)c1ccc(C2(C(F)(F)F)N=N2)cc1. The fourth-order valence-corrected chi connectivity index (χ4v) is 3.77. The van der Waals surface area contributed by atoms with Crippen LogP contribution in [-0.4, -0.2) is 33.6 Å². The van der Waals surface area contributed by atoms with Gasteiger partial charge in [0.05, 0.1) is 10.9 Å². The van der Waals surface area contributed by atoms with Gasteiger partial charge in [0.1, 0.15) is 0 Å². The molecule has 0 bridgehead atoms. The number of nitrogens with one attached hydrogen (secondary N) is 2. The van der Waals surface area contributed by atoms with E-state index in [4.69, 9.17) is 0 Å². The summed E-state index contributed by atoms with van der Waals surface area (Å²) in [4.78, 5) is 12.1. The van der Waals surface area contributed by atoms with Gasteiger partial charge in [-0.05, 0) is 31.2 Å². The quantitative estimate of drug-likeness (QED) is 0.711. The Morgan fingerprint density at radius 2 is 1.66 bits per heavy atom. The maximum Gasteiger partial charge on any atom is 0.442 e. The Kier molecular flexibility index (Phi) is 5.46. The summed E-state index contributed by atoms with van der Waals surface area (Å²) in [5.41, 5.74) is -2.10. The highest BCUT2D eigenvalue weighted by atomic mass is 32.2. The molecule has 29 heavy (non-hydrogen) atoms. The molecule has 1 aliphatic heterocycles. The van der Waals surface area contributed by atoms with Gasteiger partial charge in [-0.25, -0.2) is 13.1 Å². The number of carbonyl (C=O) groups excluding carboxylic acids is 1. The molecule has 0 spiro atoms. The van der Waals surface area contributed by atoms with E-state index in [2.05, 4.69) is 15.5 Å². The Balaban J connectivity index is 1.72. The Hall–Kier alpha value is -2.79. The summed E-state index contributed by atoms with van der Waals surface area (Å²) in [6, 6.07) is 12.1. The highest BCUT2D eigenvalue weighted by Gasteiger charge is 2.65. The summed E-state index contributed by atoms with van der Waals surface area (Å²) in [5, 5.41) is 8.88. The first-order valence-electron chi connectivity index (χ1n) is 8.48. The Labute approximate surface area is 165 Å². The molecule has 7 nitrogen and oxygen atoms in total. The van der Waals surface area contributed by atoms with Crippen LogP contribution in [0.15, 0.2) is 69.7 Å². The van der Waals surface area contributed by atoms with E-state index in [1.807, 2.05) is 10.8 Å². The van der Waals surface area contributed by atoms with Crippen LogP contribution in [0, 0.1) is 0 Å². The van der Waals surface area contributed by atoms with Gasteiger partial charge in [-0.2, -0.15) is 13.2 Å². The summed E-state index contributed by atoms with van der Waals surface area (Å²) in [6.45, 7) is 0. The number of carbonyl (C=O) groups is 1. The van der Waals surface area contributed by atoms with Crippen LogP contribution < -0.4 is 10.0 Å². The number of rotatable bonds is 7. The zero-order chi connectivity index (χ0) is 21.3. The lowest BCUT2D eigenvalue weighted by molar-refractivity contribution is -0.166. The first-order chi connectivity index (χ1) is 13.6. The predicted octanol–water partition coefficient (Wildman–Crippen LogP) is 2.50. The van der Waals surface area contributed by atoms with Gasteiger partial charge in [-0.3, -0.25) is 4.79 Å². The van der Waals surface area contributed by atoms with E-state index in [0.29, 0.717) is 0 Å². The summed E-state index contributed by atoms with van der Waals surface area (Å²) in [7, 11) is -2.74. The molecular formula is C18H17F3N4O3S. The number of alkyl halides is 3. The van der Waals surface area contributed by atoms with E-state index >= 15 is 0 Å². The first-order valence-corrected chi connectivity index (χ1v) is 9.96. The standard InChI is InChI=1S/C18H17F3N4O3S/c1-22-15(11-12-5-3-2-4-6-12)16(26)23-29(27,28)14-9-7-13(8-10-14)17(24-25-17)18(19,20)21/h2-10,15,22H,11H2,1H3,(H,23,26). The smallest absolute Gasteiger partial charge is 0.309 e. The van der Waals surface area contributed by atoms with Crippen LogP contribution in [0.1, 0.15) is 11.1 Å². The lowest BCUT2D eigenvalue weighted by atomic mass is 10.0. The lowest BCUT2D eigenvalue weighted by Gasteiger charge is -2.17. The van der Waals surface area contributed by atoms with Crippen LogP contribution in [0.25, 0.3) is 0 Å². The fourth-order valence-electron chi connectivity index (χ4n) is 2.75. The van der Waals surface area contributed by atoms with Crippen LogP contribution in [0.2, 0.25) is 0 Å². The van der Waals surface area contributed by atoms with Gasteiger partial charge < -0.3 is 5.32 Å². The second-order valence-corrected chi connectivity index (χ2v) is 8.08. The number of amides is 1. The van der Waals surface area contributed by atoms with Crippen LogP contribution in [0.3, 0.4) is 0 Å². The summed E-state index contributed by atoms with van der Waals surface area (Å²) in [5.74, 6) is -0.778. The topological polar surface area (TPSA) is 100.0 Å². The molecular weight excluding hydrogens is 409 g/mol. The van der Waals surface area contributed by atoms with Gasteiger partial charge in [-0.1, -0.05) is 42.5 Å². The van der Waals surface area contributed by atoms with Gasteiger partial charge >= 0.3 is 11.8 Å². The molecule has 2 N–H and O–H groups in total. The van der Waals surface area contributed by atoms with Crippen molar-refractivity contribution in [3.05, 3.63) is 65.7 Å². The Morgan fingerprint density at radius 1 is 1.07 bits per heavy atom. The van der Waals surface area contributed by atoms with Crippen LogP contribution in [-0.2, 0) is 26.9 Å². The van der Waals surface area contributed by atoms with Gasteiger partial charge in [0.15, 0.2) is 0 Å².